The van der Waals surface area contributed by atoms with Crippen LogP contribution in [0.2, 0.25) is 0 Å². The van der Waals surface area contributed by atoms with Crippen LogP contribution in [-0.4, -0.2) is 24.5 Å². The van der Waals surface area contributed by atoms with Crippen molar-refractivity contribution in [3.63, 3.8) is 0 Å². The Balaban J connectivity index is 1.70. The Bertz CT molecular complexity index is 986. The standard InChI is InChI=1S/C16H12BrN3O4S/c17-12-8-6-11(7-9-12)15(21)18-16-20-19-14(24-16)10-25(22,23)13-4-2-1-3-5-13/h1-9H,10H2,(H,18,20,21). The third-order valence-corrected chi connectivity index (χ3v) is 5.36. The van der Waals surface area contributed by atoms with Gasteiger partial charge in [0.25, 0.3) is 5.91 Å². The zero-order valence-electron chi connectivity index (χ0n) is 12.7. The molecule has 25 heavy (non-hydrogen) atoms. The summed E-state index contributed by atoms with van der Waals surface area (Å²) in [4.78, 5) is 12.2. The van der Waals surface area contributed by atoms with E-state index in [1.165, 1.54) is 12.1 Å². The number of anilines is 1. The van der Waals surface area contributed by atoms with Gasteiger partial charge in [-0.2, -0.15) is 0 Å². The van der Waals surface area contributed by atoms with E-state index in [0.29, 0.717) is 5.56 Å². The van der Waals surface area contributed by atoms with Gasteiger partial charge in [0, 0.05) is 10.0 Å². The molecule has 1 N–H and O–H groups in total. The van der Waals surface area contributed by atoms with Crippen LogP contribution >= 0.6 is 15.9 Å². The Morgan fingerprint density at radius 1 is 1.04 bits per heavy atom. The van der Waals surface area contributed by atoms with Crippen LogP contribution in [0.4, 0.5) is 6.01 Å². The third-order valence-electron chi connectivity index (χ3n) is 3.21. The molecule has 0 aliphatic carbocycles. The summed E-state index contributed by atoms with van der Waals surface area (Å²) in [6.45, 7) is 0. The van der Waals surface area contributed by atoms with Gasteiger partial charge in [-0.15, -0.1) is 5.10 Å². The molecule has 1 amide bonds. The summed E-state index contributed by atoms with van der Waals surface area (Å²) in [6, 6.07) is 14.5. The Morgan fingerprint density at radius 2 is 1.72 bits per heavy atom. The number of benzene rings is 2. The Morgan fingerprint density at radius 3 is 2.40 bits per heavy atom. The summed E-state index contributed by atoms with van der Waals surface area (Å²) in [6.07, 6.45) is 0. The van der Waals surface area contributed by atoms with Crippen molar-refractivity contribution in [2.24, 2.45) is 0 Å². The predicted octanol–water partition coefficient (Wildman–Crippen LogP) is 3.06. The van der Waals surface area contributed by atoms with Gasteiger partial charge in [0.1, 0.15) is 5.75 Å². The SMILES string of the molecule is O=C(Nc1nnc(CS(=O)(=O)c2ccccc2)o1)c1ccc(Br)cc1. The summed E-state index contributed by atoms with van der Waals surface area (Å²) in [5.74, 6) is -0.985. The molecule has 3 aromatic rings. The van der Waals surface area contributed by atoms with Crippen LogP contribution in [0.15, 0.2) is 68.4 Å². The maximum absolute atomic E-state index is 12.3. The van der Waals surface area contributed by atoms with Crippen LogP contribution in [-0.2, 0) is 15.6 Å². The van der Waals surface area contributed by atoms with Gasteiger partial charge in [-0.05, 0) is 36.4 Å². The van der Waals surface area contributed by atoms with Gasteiger partial charge < -0.3 is 4.42 Å². The first-order valence-electron chi connectivity index (χ1n) is 7.11. The van der Waals surface area contributed by atoms with Crippen molar-refractivity contribution >= 4 is 37.7 Å². The molecule has 0 spiro atoms. The lowest BCUT2D eigenvalue weighted by molar-refractivity contribution is 0.102. The molecule has 7 nitrogen and oxygen atoms in total. The predicted molar refractivity (Wildman–Crippen MR) is 93.7 cm³/mol. The average Bonchev–Trinajstić information content (AvgIpc) is 3.02. The molecular weight excluding hydrogens is 410 g/mol. The lowest BCUT2D eigenvalue weighted by Gasteiger charge is -2.01. The summed E-state index contributed by atoms with van der Waals surface area (Å²) in [5.41, 5.74) is 0.403. The second-order valence-electron chi connectivity index (χ2n) is 5.03. The quantitative estimate of drug-likeness (QED) is 0.678. The molecule has 0 radical (unpaired) electrons. The van der Waals surface area contributed by atoms with Crippen molar-refractivity contribution in [1.82, 2.24) is 10.2 Å². The van der Waals surface area contributed by atoms with E-state index in [1.807, 2.05) is 0 Å². The molecule has 1 heterocycles. The van der Waals surface area contributed by atoms with Gasteiger partial charge in [-0.1, -0.05) is 39.2 Å². The fourth-order valence-corrected chi connectivity index (χ4v) is 3.45. The first-order valence-corrected chi connectivity index (χ1v) is 9.56. The number of rotatable bonds is 5. The minimum Gasteiger partial charge on any atom is -0.407 e. The number of nitrogens with zero attached hydrogens (tertiary/aromatic N) is 2. The van der Waals surface area contributed by atoms with E-state index in [-0.39, 0.29) is 16.8 Å². The molecule has 1 aromatic heterocycles. The number of hydrogen-bond donors (Lipinski definition) is 1. The van der Waals surface area contributed by atoms with E-state index in [4.69, 9.17) is 4.42 Å². The van der Waals surface area contributed by atoms with Crippen LogP contribution in [0.1, 0.15) is 16.2 Å². The molecule has 0 bridgehead atoms. The van der Waals surface area contributed by atoms with E-state index < -0.39 is 21.5 Å². The fourth-order valence-electron chi connectivity index (χ4n) is 2.01. The normalized spacial score (nSPS) is 11.2. The molecule has 128 valence electrons. The topological polar surface area (TPSA) is 102 Å². The maximum atomic E-state index is 12.3. The number of hydrogen-bond acceptors (Lipinski definition) is 6. The first-order chi connectivity index (χ1) is 11.9. The largest absolute Gasteiger partial charge is 0.407 e. The van der Waals surface area contributed by atoms with Gasteiger partial charge in [0.05, 0.1) is 4.90 Å². The number of carbonyl (C=O) groups excluding carboxylic acids is 1. The molecule has 0 aliphatic rings. The molecular formula is C16H12BrN3O4S. The van der Waals surface area contributed by atoms with Crippen molar-refractivity contribution in [2.75, 3.05) is 5.32 Å². The fraction of sp³-hybridized carbons (Fsp3) is 0.0625. The minimum atomic E-state index is -3.60. The van der Waals surface area contributed by atoms with Gasteiger partial charge in [-0.3, -0.25) is 10.1 Å². The average molecular weight is 422 g/mol. The first kappa shape index (κ1) is 17.3. The molecule has 0 fully saturated rings. The van der Waals surface area contributed by atoms with Crippen LogP contribution in [0.25, 0.3) is 0 Å². The molecule has 2 aromatic carbocycles. The highest BCUT2D eigenvalue weighted by Crippen LogP contribution is 2.17. The summed E-state index contributed by atoms with van der Waals surface area (Å²) >= 11 is 3.28. The summed E-state index contributed by atoms with van der Waals surface area (Å²) in [5, 5.41) is 9.76. The Kier molecular flexibility index (Phi) is 4.95. The highest BCUT2D eigenvalue weighted by molar-refractivity contribution is 9.10. The van der Waals surface area contributed by atoms with E-state index in [2.05, 4.69) is 31.4 Å². The number of carbonyl (C=O) groups is 1. The third kappa shape index (κ3) is 4.31. The van der Waals surface area contributed by atoms with Gasteiger partial charge >= 0.3 is 6.01 Å². The molecule has 9 heteroatoms. The molecule has 0 saturated heterocycles. The monoisotopic (exact) mass is 421 g/mol. The van der Waals surface area contributed by atoms with E-state index in [0.717, 1.165) is 4.47 Å². The molecule has 0 aliphatic heterocycles. The lowest BCUT2D eigenvalue weighted by atomic mass is 10.2. The van der Waals surface area contributed by atoms with Gasteiger partial charge in [0.2, 0.25) is 5.89 Å². The van der Waals surface area contributed by atoms with Gasteiger partial charge in [0.15, 0.2) is 9.84 Å². The van der Waals surface area contributed by atoms with Crippen molar-refractivity contribution in [3.05, 3.63) is 70.5 Å². The van der Waals surface area contributed by atoms with E-state index >= 15 is 0 Å². The zero-order chi connectivity index (χ0) is 17.9. The Hall–Kier alpha value is -2.52. The highest BCUT2D eigenvalue weighted by atomic mass is 79.9. The second-order valence-corrected chi connectivity index (χ2v) is 7.94. The lowest BCUT2D eigenvalue weighted by Crippen LogP contribution is -2.11. The number of halogens is 1. The smallest absolute Gasteiger partial charge is 0.322 e. The van der Waals surface area contributed by atoms with Crippen LogP contribution in [0.5, 0.6) is 0 Å². The Labute approximate surface area is 152 Å². The van der Waals surface area contributed by atoms with Crippen LogP contribution < -0.4 is 5.32 Å². The van der Waals surface area contributed by atoms with Crippen molar-refractivity contribution in [1.29, 1.82) is 0 Å². The second kappa shape index (κ2) is 7.16. The zero-order valence-corrected chi connectivity index (χ0v) is 15.1. The molecule has 3 rings (SSSR count). The number of sulfone groups is 1. The van der Waals surface area contributed by atoms with Crippen LogP contribution in [0.3, 0.4) is 0 Å². The van der Waals surface area contributed by atoms with Crippen molar-refractivity contribution < 1.29 is 17.6 Å². The number of aromatic nitrogens is 2. The van der Waals surface area contributed by atoms with Crippen molar-refractivity contribution in [2.45, 2.75) is 10.6 Å². The molecule has 0 saturated carbocycles. The van der Waals surface area contributed by atoms with Crippen molar-refractivity contribution in [3.8, 4) is 0 Å². The number of nitrogens with one attached hydrogen (secondary N) is 1. The van der Waals surface area contributed by atoms with Crippen LogP contribution in [0, 0.1) is 0 Å². The van der Waals surface area contributed by atoms with E-state index in [9.17, 15) is 13.2 Å². The molecule has 0 unspecified atom stereocenters. The molecule has 0 atom stereocenters. The summed E-state index contributed by atoms with van der Waals surface area (Å²) < 4.78 is 30.6. The van der Waals surface area contributed by atoms with E-state index in [1.54, 1.807) is 42.5 Å². The maximum Gasteiger partial charge on any atom is 0.322 e. The summed E-state index contributed by atoms with van der Waals surface area (Å²) in [7, 11) is -3.60. The number of amides is 1. The van der Waals surface area contributed by atoms with Gasteiger partial charge in [-0.25, -0.2) is 8.42 Å². The minimum absolute atomic E-state index is 0.102. The highest BCUT2D eigenvalue weighted by Gasteiger charge is 2.20.